The average Bonchev–Trinajstić information content (AvgIpc) is 3.30. The molecule has 0 amide bonds. The van der Waals surface area contributed by atoms with Crippen molar-refractivity contribution in [3.05, 3.63) is 58.6 Å². The van der Waals surface area contributed by atoms with Crippen LogP contribution in [-0.2, 0) is 12.8 Å². The number of aromatic nitrogens is 3. The normalized spacial score (nSPS) is 16.0. The summed E-state index contributed by atoms with van der Waals surface area (Å²) < 4.78 is 1.24. The summed E-state index contributed by atoms with van der Waals surface area (Å²) in [5.41, 5.74) is 8.15. The van der Waals surface area contributed by atoms with E-state index in [4.69, 9.17) is 0 Å². The van der Waals surface area contributed by atoms with Crippen LogP contribution >= 0.6 is 22.7 Å². The Bertz CT molecular complexity index is 1140. The van der Waals surface area contributed by atoms with Crippen LogP contribution in [0.4, 0.5) is 0 Å². The highest BCUT2D eigenvalue weighted by atomic mass is 32.1. The molecule has 1 aliphatic heterocycles. The van der Waals surface area contributed by atoms with Gasteiger partial charge in [0, 0.05) is 24.7 Å². The van der Waals surface area contributed by atoms with E-state index in [0.717, 1.165) is 42.0 Å². The zero-order valence-electron chi connectivity index (χ0n) is 15.5. The van der Waals surface area contributed by atoms with E-state index < -0.39 is 0 Å². The molecule has 28 heavy (non-hydrogen) atoms. The second kappa shape index (κ2) is 7.24. The van der Waals surface area contributed by atoms with Gasteiger partial charge in [-0.2, -0.15) is 0 Å². The molecule has 5 rings (SSSR count). The molecule has 0 fully saturated rings. The van der Waals surface area contributed by atoms with E-state index in [0.29, 0.717) is 6.04 Å². The van der Waals surface area contributed by atoms with Crippen molar-refractivity contribution in [3.63, 3.8) is 0 Å². The minimum Gasteiger partial charge on any atom is -0.485 e. The van der Waals surface area contributed by atoms with Gasteiger partial charge in [0.2, 0.25) is 0 Å². The van der Waals surface area contributed by atoms with Crippen LogP contribution in [0.3, 0.4) is 0 Å². The fourth-order valence-electron chi connectivity index (χ4n) is 3.94. The van der Waals surface area contributed by atoms with Gasteiger partial charge in [0.1, 0.15) is 0 Å². The molecule has 0 spiro atoms. The van der Waals surface area contributed by atoms with Crippen LogP contribution in [-0.4, -0.2) is 38.3 Å². The number of benzene rings is 2. The smallest absolute Gasteiger partial charge is 0.291 e. The topological polar surface area (TPSA) is 62.1 Å². The first kappa shape index (κ1) is 17.7. The van der Waals surface area contributed by atoms with Gasteiger partial charge < -0.3 is 5.11 Å². The van der Waals surface area contributed by atoms with Crippen LogP contribution in [0, 0.1) is 0 Å². The number of fused-ring (bicyclic) bond motifs is 2. The quantitative estimate of drug-likeness (QED) is 0.533. The molecule has 7 heteroatoms. The fraction of sp³-hybridized carbons (Fsp3) is 0.286. The van der Waals surface area contributed by atoms with E-state index in [1.807, 2.05) is 5.51 Å². The van der Waals surface area contributed by atoms with Crippen LogP contribution in [0.5, 0.6) is 5.19 Å². The SMILES string of the molecule is C[C@@H](c1ccc2scnc2c1)N1CCc2ccc(-c3nnc(O)s3)cc2CC1. The molecule has 0 saturated carbocycles. The lowest BCUT2D eigenvalue weighted by Gasteiger charge is -2.28. The first-order valence-corrected chi connectivity index (χ1v) is 11.1. The van der Waals surface area contributed by atoms with Crippen molar-refractivity contribution in [1.82, 2.24) is 20.1 Å². The fourth-order valence-corrected chi connectivity index (χ4v) is 5.18. The Balaban J connectivity index is 1.36. The van der Waals surface area contributed by atoms with Crippen molar-refractivity contribution in [1.29, 1.82) is 0 Å². The number of nitrogens with zero attached hydrogens (tertiary/aromatic N) is 4. The molecule has 1 aliphatic rings. The third kappa shape index (κ3) is 3.30. The molecule has 2 aromatic carbocycles. The van der Waals surface area contributed by atoms with Crippen LogP contribution in [0.25, 0.3) is 20.8 Å². The van der Waals surface area contributed by atoms with Crippen LogP contribution in [0.2, 0.25) is 0 Å². The first-order valence-electron chi connectivity index (χ1n) is 9.39. The van der Waals surface area contributed by atoms with Crippen molar-refractivity contribution in [3.8, 4) is 15.8 Å². The van der Waals surface area contributed by atoms with Gasteiger partial charge in [-0.15, -0.1) is 16.4 Å². The van der Waals surface area contributed by atoms with E-state index in [9.17, 15) is 5.11 Å². The lowest BCUT2D eigenvalue weighted by molar-refractivity contribution is 0.221. The molecule has 0 radical (unpaired) electrons. The maximum absolute atomic E-state index is 9.49. The van der Waals surface area contributed by atoms with Gasteiger partial charge in [-0.1, -0.05) is 34.6 Å². The molecule has 142 valence electrons. The second-order valence-electron chi connectivity index (χ2n) is 7.16. The molecule has 0 unspecified atom stereocenters. The summed E-state index contributed by atoms with van der Waals surface area (Å²) in [4.78, 5) is 7.03. The van der Waals surface area contributed by atoms with Gasteiger partial charge in [0.15, 0.2) is 5.01 Å². The predicted molar refractivity (Wildman–Crippen MR) is 114 cm³/mol. The Labute approximate surface area is 171 Å². The Morgan fingerprint density at radius 3 is 2.71 bits per heavy atom. The van der Waals surface area contributed by atoms with E-state index in [1.54, 1.807) is 11.3 Å². The monoisotopic (exact) mass is 408 g/mol. The zero-order chi connectivity index (χ0) is 19.1. The number of thiazole rings is 1. The Hall–Kier alpha value is -2.35. The molecule has 5 nitrogen and oxygen atoms in total. The predicted octanol–water partition coefficient (Wildman–Crippen LogP) is 4.68. The van der Waals surface area contributed by atoms with Gasteiger partial charge in [0.05, 0.1) is 15.7 Å². The van der Waals surface area contributed by atoms with Gasteiger partial charge in [-0.25, -0.2) is 4.98 Å². The molecule has 0 saturated heterocycles. The number of aromatic hydroxyl groups is 1. The van der Waals surface area contributed by atoms with Crippen LogP contribution in [0.1, 0.15) is 29.7 Å². The van der Waals surface area contributed by atoms with E-state index in [-0.39, 0.29) is 5.19 Å². The summed E-state index contributed by atoms with van der Waals surface area (Å²) in [6, 6.07) is 13.5. The van der Waals surface area contributed by atoms with Crippen molar-refractivity contribution in [2.75, 3.05) is 13.1 Å². The number of hydrogen-bond donors (Lipinski definition) is 1. The largest absolute Gasteiger partial charge is 0.485 e. The standard InChI is InChI=1S/C21H20N4OS2/c1-13(15-4-5-19-18(11-15)22-12-27-19)25-8-6-14-2-3-17(10-16(14)7-9-25)20-23-24-21(26)28-20/h2-5,10-13H,6-9H2,1H3,(H,24,26)/t13-/m0/s1. The average molecular weight is 409 g/mol. The lowest BCUT2D eigenvalue weighted by atomic mass is 10.0. The molecule has 1 N–H and O–H groups in total. The molecule has 2 aromatic heterocycles. The van der Waals surface area contributed by atoms with Crippen LogP contribution in [0.15, 0.2) is 41.9 Å². The minimum absolute atomic E-state index is 0.0158. The zero-order valence-corrected chi connectivity index (χ0v) is 17.1. The molecule has 1 atom stereocenters. The third-order valence-corrected chi connectivity index (χ3v) is 7.17. The summed E-state index contributed by atoms with van der Waals surface area (Å²) in [6.45, 7) is 4.36. The lowest BCUT2D eigenvalue weighted by Crippen LogP contribution is -2.29. The molecule has 0 aliphatic carbocycles. The van der Waals surface area contributed by atoms with Crippen molar-refractivity contribution in [2.45, 2.75) is 25.8 Å². The summed E-state index contributed by atoms with van der Waals surface area (Å²) in [7, 11) is 0. The summed E-state index contributed by atoms with van der Waals surface area (Å²) in [5.74, 6) is 0. The highest BCUT2D eigenvalue weighted by molar-refractivity contribution is 7.16. The van der Waals surface area contributed by atoms with Crippen molar-refractivity contribution >= 4 is 32.9 Å². The van der Waals surface area contributed by atoms with Gasteiger partial charge in [-0.3, -0.25) is 4.90 Å². The summed E-state index contributed by atoms with van der Waals surface area (Å²) in [5, 5.41) is 18.1. The Morgan fingerprint density at radius 1 is 1.04 bits per heavy atom. The van der Waals surface area contributed by atoms with Gasteiger partial charge in [-0.05, 0) is 54.7 Å². The molecular weight excluding hydrogens is 388 g/mol. The van der Waals surface area contributed by atoms with E-state index >= 15 is 0 Å². The molecule has 4 aromatic rings. The van der Waals surface area contributed by atoms with Gasteiger partial charge >= 0.3 is 0 Å². The highest BCUT2D eigenvalue weighted by Gasteiger charge is 2.21. The molecule has 0 bridgehead atoms. The summed E-state index contributed by atoms with van der Waals surface area (Å²) in [6.07, 6.45) is 2.05. The number of hydrogen-bond acceptors (Lipinski definition) is 7. The van der Waals surface area contributed by atoms with Crippen molar-refractivity contribution in [2.24, 2.45) is 0 Å². The molecular formula is C21H20N4OS2. The summed E-state index contributed by atoms with van der Waals surface area (Å²) >= 11 is 2.91. The van der Waals surface area contributed by atoms with E-state index in [2.05, 4.69) is 63.4 Å². The maximum atomic E-state index is 9.49. The number of rotatable bonds is 3. The highest BCUT2D eigenvalue weighted by Crippen LogP contribution is 2.31. The first-order chi connectivity index (χ1) is 13.7. The Kier molecular flexibility index (Phi) is 4.58. The van der Waals surface area contributed by atoms with E-state index in [1.165, 1.54) is 32.7 Å². The van der Waals surface area contributed by atoms with Crippen molar-refractivity contribution < 1.29 is 5.11 Å². The maximum Gasteiger partial charge on any atom is 0.291 e. The van der Waals surface area contributed by atoms with Crippen LogP contribution < -0.4 is 0 Å². The third-order valence-electron chi connectivity index (χ3n) is 5.59. The minimum atomic E-state index is 0.0158. The second-order valence-corrected chi connectivity index (χ2v) is 9.01. The van der Waals surface area contributed by atoms with Gasteiger partial charge in [0.25, 0.3) is 5.19 Å². The Morgan fingerprint density at radius 2 is 1.89 bits per heavy atom. The molecule has 3 heterocycles.